The van der Waals surface area contributed by atoms with E-state index in [0.717, 1.165) is 0 Å². The predicted octanol–water partition coefficient (Wildman–Crippen LogP) is 3.63. The van der Waals surface area contributed by atoms with E-state index in [2.05, 4.69) is 5.32 Å². The van der Waals surface area contributed by atoms with Crippen LogP contribution in [0.3, 0.4) is 0 Å². The first-order valence-corrected chi connectivity index (χ1v) is 9.90. The molecule has 0 aliphatic carbocycles. The topological polar surface area (TPSA) is 75.7 Å². The van der Waals surface area contributed by atoms with Crippen molar-refractivity contribution in [1.82, 2.24) is 4.31 Å². The van der Waals surface area contributed by atoms with Gasteiger partial charge in [0, 0.05) is 30.4 Å². The minimum atomic E-state index is -3.77. The molecule has 0 saturated heterocycles. The zero-order chi connectivity index (χ0) is 19.3. The molecule has 0 saturated carbocycles. The van der Waals surface area contributed by atoms with Crippen LogP contribution < -0.4 is 10.1 Å². The molecule has 0 bridgehead atoms. The van der Waals surface area contributed by atoms with E-state index in [4.69, 9.17) is 16.3 Å². The molecule has 140 valence electrons. The molecule has 0 unspecified atom stereocenters. The number of carbonyl (C=O) groups excluding carboxylic acids is 1. The molecule has 6 nitrogen and oxygen atoms in total. The Morgan fingerprint density at radius 3 is 2.46 bits per heavy atom. The Morgan fingerprint density at radius 1 is 1.15 bits per heavy atom. The molecule has 2 aromatic carbocycles. The summed E-state index contributed by atoms with van der Waals surface area (Å²) in [6.07, 6.45) is 0. The van der Waals surface area contributed by atoms with Crippen LogP contribution in [0.15, 0.2) is 47.4 Å². The van der Waals surface area contributed by atoms with Crippen molar-refractivity contribution in [2.45, 2.75) is 18.7 Å². The molecule has 0 spiro atoms. The summed E-state index contributed by atoms with van der Waals surface area (Å²) in [4.78, 5) is 12.4. The van der Waals surface area contributed by atoms with Crippen LogP contribution in [0.25, 0.3) is 0 Å². The van der Waals surface area contributed by atoms with Crippen LogP contribution in [-0.2, 0) is 10.0 Å². The van der Waals surface area contributed by atoms with E-state index in [1.54, 1.807) is 38.1 Å². The summed E-state index contributed by atoms with van der Waals surface area (Å²) >= 11 is 6.09. The maximum absolute atomic E-state index is 12.7. The van der Waals surface area contributed by atoms with Crippen molar-refractivity contribution >= 4 is 33.2 Å². The van der Waals surface area contributed by atoms with Crippen LogP contribution in [0.5, 0.6) is 5.75 Å². The van der Waals surface area contributed by atoms with Crippen molar-refractivity contribution in [2.24, 2.45) is 0 Å². The van der Waals surface area contributed by atoms with Crippen molar-refractivity contribution in [3.63, 3.8) is 0 Å². The molecule has 2 aromatic rings. The Labute approximate surface area is 158 Å². The summed E-state index contributed by atoms with van der Waals surface area (Å²) in [6, 6.07) is 11.1. The second-order valence-electron chi connectivity index (χ2n) is 5.42. The fraction of sp³-hybridized carbons (Fsp3) is 0.278. The van der Waals surface area contributed by atoms with Gasteiger partial charge in [0.25, 0.3) is 5.91 Å². The third-order valence-corrected chi connectivity index (χ3v) is 6.38. The monoisotopic (exact) mass is 396 g/mol. The number of anilines is 1. The smallest absolute Gasteiger partial charge is 0.255 e. The summed E-state index contributed by atoms with van der Waals surface area (Å²) in [5.74, 6) is 0.162. The second-order valence-corrected chi connectivity index (χ2v) is 7.73. The average molecular weight is 397 g/mol. The number of amides is 1. The summed E-state index contributed by atoms with van der Waals surface area (Å²) in [5, 5.41) is 2.80. The van der Waals surface area contributed by atoms with Crippen LogP contribution in [0.1, 0.15) is 24.2 Å². The lowest BCUT2D eigenvalue weighted by Gasteiger charge is -2.19. The fourth-order valence-corrected chi connectivity index (χ4v) is 4.41. The van der Waals surface area contributed by atoms with Gasteiger partial charge < -0.3 is 10.1 Å². The van der Waals surface area contributed by atoms with Crippen LogP contribution >= 0.6 is 11.6 Å². The van der Waals surface area contributed by atoms with E-state index in [1.807, 2.05) is 0 Å². The normalized spacial score (nSPS) is 11.4. The van der Waals surface area contributed by atoms with Gasteiger partial charge in [-0.1, -0.05) is 31.5 Å². The molecule has 0 aliphatic heterocycles. The zero-order valence-electron chi connectivity index (χ0n) is 14.8. The number of sulfonamides is 1. The number of carbonyl (C=O) groups is 1. The summed E-state index contributed by atoms with van der Waals surface area (Å²) in [6.45, 7) is 4.12. The first-order valence-electron chi connectivity index (χ1n) is 8.08. The summed E-state index contributed by atoms with van der Waals surface area (Å²) in [5.41, 5.74) is 0.736. The number of hydrogen-bond acceptors (Lipinski definition) is 4. The largest absolute Gasteiger partial charge is 0.497 e. The highest BCUT2D eigenvalue weighted by Gasteiger charge is 2.25. The van der Waals surface area contributed by atoms with Gasteiger partial charge in [0.1, 0.15) is 10.6 Å². The molecule has 0 heterocycles. The third-order valence-electron chi connectivity index (χ3n) is 3.84. The predicted molar refractivity (Wildman–Crippen MR) is 103 cm³/mol. The molecular formula is C18H21ClN2O4S. The minimum absolute atomic E-state index is 0.0785. The second kappa shape index (κ2) is 8.53. The lowest BCUT2D eigenvalue weighted by Crippen LogP contribution is -2.31. The third kappa shape index (κ3) is 4.35. The van der Waals surface area contributed by atoms with Gasteiger partial charge in [-0.25, -0.2) is 8.42 Å². The van der Waals surface area contributed by atoms with Gasteiger partial charge >= 0.3 is 0 Å². The first kappa shape index (κ1) is 20.2. The molecule has 1 N–H and O–H groups in total. The van der Waals surface area contributed by atoms with Crippen molar-refractivity contribution in [3.05, 3.63) is 53.1 Å². The van der Waals surface area contributed by atoms with Gasteiger partial charge in [0.2, 0.25) is 10.0 Å². The maximum atomic E-state index is 12.7. The highest BCUT2D eigenvalue weighted by atomic mass is 35.5. The highest BCUT2D eigenvalue weighted by molar-refractivity contribution is 7.89. The number of ether oxygens (including phenoxy) is 1. The fourth-order valence-electron chi connectivity index (χ4n) is 2.45. The van der Waals surface area contributed by atoms with Crippen molar-refractivity contribution < 1.29 is 17.9 Å². The number of halogens is 1. The van der Waals surface area contributed by atoms with E-state index in [9.17, 15) is 13.2 Å². The number of methoxy groups -OCH3 is 1. The Bertz CT molecular complexity index is 896. The van der Waals surface area contributed by atoms with Gasteiger partial charge in [-0.2, -0.15) is 4.31 Å². The SMILES string of the molecule is CCN(CC)S(=O)(=O)c1cc(C(=O)Nc2cccc(OC)c2)ccc1Cl. The van der Waals surface area contributed by atoms with Gasteiger partial charge in [0.15, 0.2) is 0 Å². The van der Waals surface area contributed by atoms with Crippen LogP contribution in [0.2, 0.25) is 5.02 Å². The van der Waals surface area contributed by atoms with E-state index in [-0.39, 0.29) is 15.5 Å². The molecular weight excluding hydrogens is 376 g/mol. The Balaban J connectivity index is 2.35. The first-order chi connectivity index (χ1) is 12.3. The zero-order valence-corrected chi connectivity index (χ0v) is 16.4. The van der Waals surface area contributed by atoms with E-state index in [1.165, 1.54) is 29.6 Å². The van der Waals surface area contributed by atoms with E-state index < -0.39 is 15.9 Å². The summed E-state index contributed by atoms with van der Waals surface area (Å²) in [7, 11) is -2.24. The Kier molecular flexibility index (Phi) is 6.63. The molecule has 0 aromatic heterocycles. The van der Waals surface area contributed by atoms with Crippen molar-refractivity contribution in [1.29, 1.82) is 0 Å². The molecule has 1 amide bonds. The average Bonchev–Trinajstić information content (AvgIpc) is 2.62. The lowest BCUT2D eigenvalue weighted by molar-refractivity contribution is 0.102. The Hall–Kier alpha value is -2.09. The quantitative estimate of drug-likeness (QED) is 0.775. The molecule has 26 heavy (non-hydrogen) atoms. The molecule has 8 heteroatoms. The van der Waals surface area contributed by atoms with Crippen LogP contribution in [-0.4, -0.2) is 38.8 Å². The van der Waals surface area contributed by atoms with Gasteiger partial charge in [-0.15, -0.1) is 0 Å². The number of nitrogens with zero attached hydrogens (tertiary/aromatic N) is 1. The number of nitrogens with one attached hydrogen (secondary N) is 1. The van der Waals surface area contributed by atoms with E-state index in [0.29, 0.717) is 24.5 Å². The minimum Gasteiger partial charge on any atom is -0.497 e. The molecule has 0 aliphatic rings. The highest BCUT2D eigenvalue weighted by Crippen LogP contribution is 2.26. The standard InChI is InChI=1S/C18H21ClN2O4S/c1-4-21(5-2)26(23,24)17-11-13(9-10-16(17)19)18(22)20-14-7-6-8-15(12-14)25-3/h6-12H,4-5H2,1-3H3,(H,20,22). The number of rotatable bonds is 7. The molecule has 0 atom stereocenters. The van der Waals surface area contributed by atoms with Gasteiger partial charge in [0.05, 0.1) is 12.1 Å². The molecule has 0 radical (unpaired) electrons. The van der Waals surface area contributed by atoms with Crippen molar-refractivity contribution in [2.75, 3.05) is 25.5 Å². The number of hydrogen-bond donors (Lipinski definition) is 1. The van der Waals surface area contributed by atoms with E-state index >= 15 is 0 Å². The van der Waals surface area contributed by atoms with Crippen LogP contribution in [0.4, 0.5) is 5.69 Å². The maximum Gasteiger partial charge on any atom is 0.255 e. The van der Waals surface area contributed by atoms with Crippen molar-refractivity contribution in [3.8, 4) is 5.75 Å². The van der Waals surface area contributed by atoms with Gasteiger partial charge in [-0.3, -0.25) is 4.79 Å². The summed E-state index contributed by atoms with van der Waals surface area (Å²) < 4.78 is 31.9. The molecule has 0 fully saturated rings. The lowest BCUT2D eigenvalue weighted by atomic mass is 10.2. The molecule has 2 rings (SSSR count). The van der Waals surface area contributed by atoms with Gasteiger partial charge in [-0.05, 0) is 30.3 Å². The Morgan fingerprint density at radius 2 is 1.85 bits per heavy atom. The van der Waals surface area contributed by atoms with Crippen LogP contribution in [0, 0.1) is 0 Å². The number of benzene rings is 2.